The zero-order chi connectivity index (χ0) is 19.1. The number of benzene rings is 2. The van der Waals surface area contributed by atoms with E-state index in [0.29, 0.717) is 23.8 Å². The number of ether oxygens (including phenoxy) is 2. The number of carboxylic acid groups (broad SMARTS) is 1. The fraction of sp³-hybridized carbons (Fsp3) is 0.300. The van der Waals surface area contributed by atoms with E-state index < -0.39 is 11.9 Å². The highest BCUT2D eigenvalue weighted by Crippen LogP contribution is 2.26. The molecule has 0 saturated heterocycles. The molecule has 6 nitrogen and oxygen atoms in total. The molecule has 26 heavy (non-hydrogen) atoms. The monoisotopic (exact) mass is 357 g/mol. The van der Waals surface area contributed by atoms with Gasteiger partial charge in [0.05, 0.1) is 17.9 Å². The third-order valence-electron chi connectivity index (χ3n) is 3.88. The van der Waals surface area contributed by atoms with Gasteiger partial charge in [-0.05, 0) is 55.7 Å². The van der Waals surface area contributed by atoms with E-state index in [4.69, 9.17) is 14.6 Å². The number of aromatic carboxylic acids is 1. The predicted octanol–water partition coefficient (Wildman–Crippen LogP) is 3.81. The molecule has 0 aliphatic carbocycles. The molecule has 2 rings (SSSR count). The van der Waals surface area contributed by atoms with E-state index >= 15 is 0 Å². The summed E-state index contributed by atoms with van der Waals surface area (Å²) in [6.45, 7) is 6.14. The molecule has 0 aromatic heterocycles. The van der Waals surface area contributed by atoms with E-state index in [1.807, 2.05) is 32.9 Å². The number of carboxylic acids is 1. The molecule has 0 unspecified atom stereocenters. The molecule has 0 saturated carbocycles. The van der Waals surface area contributed by atoms with Crippen LogP contribution in [0.1, 0.15) is 34.8 Å². The van der Waals surface area contributed by atoms with E-state index in [-0.39, 0.29) is 12.2 Å². The summed E-state index contributed by atoms with van der Waals surface area (Å²) in [6.07, 6.45) is 0.795. The van der Waals surface area contributed by atoms with Gasteiger partial charge in [-0.15, -0.1) is 0 Å². The Bertz CT molecular complexity index is 801. The standard InChI is InChI=1S/C20H23NO5/c1-4-10-25-18-9-8-15(20(23)24)11-16(18)21-19(22)12-26-17-7-5-6-13(2)14(17)3/h5-9,11H,4,10,12H2,1-3H3,(H,21,22)(H,23,24). The van der Waals surface area contributed by atoms with Gasteiger partial charge in [-0.25, -0.2) is 4.79 Å². The first-order valence-corrected chi connectivity index (χ1v) is 8.41. The molecular weight excluding hydrogens is 334 g/mol. The van der Waals surface area contributed by atoms with Crippen molar-refractivity contribution in [2.45, 2.75) is 27.2 Å². The topological polar surface area (TPSA) is 84.9 Å². The van der Waals surface area contributed by atoms with Gasteiger partial charge in [-0.3, -0.25) is 4.79 Å². The molecule has 2 aromatic rings. The van der Waals surface area contributed by atoms with Crippen LogP contribution in [0.15, 0.2) is 36.4 Å². The average Bonchev–Trinajstić information content (AvgIpc) is 2.61. The highest BCUT2D eigenvalue weighted by molar-refractivity contribution is 5.96. The third-order valence-corrected chi connectivity index (χ3v) is 3.88. The molecule has 138 valence electrons. The SMILES string of the molecule is CCCOc1ccc(C(=O)O)cc1NC(=O)COc1cccc(C)c1C. The van der Waals surface area contributed by atoms with Crippen molar-refractivity contribution >= 4 is 17.6 Å². The lowest BCUT2D eigenvalue weighted by molar-refractivity contribution is -0.118. The first kappa shape index (κ1) is 19.3. The van der Waals surface area contributed by atoms with Crippen molar-refractivity contribution in [2.24, 2.45) is 0 Å². The Kier molecular flexibility index (Phi) is 6.60. The van der Waals surface area contributed by atoms with Crippen molar-refractivity contribution in [3.05, 3.63) is 53.1 Å². The van der Waals surface area contributed by atoms with Gasteiger partial charge >= 0.3 is 5.97 Å². The van der Waals surface area contributed by atoms with E-state index in [9.17, 15) is 9.59 Å². The van der Waals surface area contributed by atoms with Gasteiger partial charge in [0.2, 0.25) is 0 Å². The quantitative estimate of drug-likeness (QED) is 0.750. The van der Waals surface area contributed by atoms with Crippen molar-refractivity contribution in [2.75, 3.05) is 18.5 Å². The summed E-state index contributed by atoms with van der Waals surface area (Å²) < 4.78 is 11.2. The van der Waals surface area contributed by atoms with Gasteiger partial charge in [-0.2, -0.15) is 0 Å². The molecule has 0 aliphatic rings. The number of carbonyl (C=O) groups is 2. The minimum atomic E-state index is -1.07. The molecule has 1 amide bonds. The highest BCUT2D eigenvalue weighted by atomic mass is 16.5. The van der Waals surface area contributed by atoms with Gasteiger partial charge < -0.3 is 19.9 Å². The van der Waals surface area contributed by atoms with Gasteiger partial charge in [0, 0.05) is 0 Å². The van der Waals surface area contributed by atoms with Crippen LogP contribution < -0.4 is 14.8 Å². The maximum absolute atomic E-state index is 12.3. The van der Waals surface area contributed by atoms with E-state index in [0.717, 1.165) is 17.5 Å². The second-order valence-electron chi connectivity index (χ2n) is 5.90. The van der Waals surface area contributed by atoms with Crippen molar-refractivity contribution in [3.63, 3.8) is 0 Å². The number of hydrogen-bond acceptors (Lipinski definition) is 4. The molecular formula is C20H23NO5. The Morgan fingerprint density at radius 2 is 1.85 bits per heavy atom. The van der Waals surface area contributed by atoms with Crippen molar-refractivity contribution < 1.29 is 24.2 Å². The average molecular weight is 357 g/mol. The molecule has 0 bridgehead atoms. The van der Waals surface area contributed by atoms with Crippen LogP contribution in [-0.2, 0) is 4.79 Å². The minimum absolute atomic E-state index is 0.0691. The number of carbonyl (C=O) groups excluding carboxylic acids is 1. The van der Waals surface area contributed by atoms with E-state index in [2.05, 4.69) is 5.32 Å². The van der Waals surface area contributed by atoms with Gasteiger partial charge in [0.1, 0.15) is 11.5 Å². The second-order valence-corrected chi connectivity index (χ2v) is 5.90. The third kappa shape index (κ3) is 4.99. The molecule has 0 fully saturated rings. The van der Waals surface area contributed by atoms with Crippen LogP contribution in [0, 0.1) is 13.8 Å². The number of rotatable bonds is 8. The van der Waals surface area contributed by atoms with E-state index in [1.54, 1.807) is 12.1 Å². The summed E-state index contributed by atoms with van der Waals surface area (Å²) >= 11 is 0. The van der Waals surface area contributed by atoms with Crippen LogP contribution in [0.2, 0.25) is 0 Å². The first-order chi connectivity index (χ1) is 12.4. The maximum Gasteiger partial charge on any atom is 0.335 e. The fourth-order valence-corrected chi connectivity index (χ4v) is 2.31. The van der Waals surface area contributed by atoms with Gasteiger partial charge in [0.15, 0.2) is 6.61 Å². The molecule has 0 radical (unpaired) electrons. The Morgan fingerprint density at radius 3 is 2.54 bits per heavy atom. The largest absolute Gasteiger partial charge is 0.491 e. The smallest absolute Gasteiger partial charge is 0.335 e. The van der Waals surface area contributed by atoms with Crippen LogP contribution in [0.25, 0.3) is 0 Å². The lowest BCUT2D eigenvalue weighted by atomic mass is 10.1. The summed E-state index contributed by atoms with van der Waals surface area (Å²) in [4.78, 5) is 23.4. The van der Waals surface area contributed by atoms with Crippen molar-refractivity contribution in [3.8, 4) is 11.5 Å². The summed E-state index contributed by atoms with van der Waals surface area (Å²) in [6, 6.07) is 10.00. The van der Waals surface area contributed by atoms with E-state index in [1.165, 1.54) is 12.1 Å². The molecule has 0 aliphatic heterocycles. The lowest BCUT2D eigenvalue weighted by Gasteiger charge is -2.14. The molecule has 0 spiro atoms. The number of amides is 1. The van der Waals surface area contributed by atoms with Crippen LogP contribution in [0.3, 0.4) is 0 Å². The van der Waals surface area contributed by atoms with Crippen LogP contribution >= 0.6 is 0 Å². The zero-order valence-electron chi connectivity index (χ0n) is 15.2. The second kappa shape index (κ2) is 8.89. The predicted molar refractivity (Wildman–Crippen MR) is 99.2 cm³/mol. The van der Waals surface area contributed by atoms with Crippen LogP contribution in [-0.4, -0.2) is 30.2 Å². The normalized spacial score (nSPS) is 10.3. The first-order valence-electron chi connectivity index (χ1n) is 8.41. The van der Waals surface area contributed by atoms with Crippen LogP contribution in [0.5, 0.6) is 11.5 Å². The molecule has 6 heteroatoms. The zero-order valence-corrected chi connectivity index (χ0v) is 15.2. The van der Waals surface area contributed by atoms with Gasteiger partial charge in [0.25, 0.3) is 5.91 Å². The number of aryl methyl sites for hydroxylation is 1. The van der Waals surface area contributed by atoms with Crippen molar-refractivity contribution in [1.29, 1.82) is 0 Å². The number of anilines is 1. The molecule has 2 N–H and O–H groups in total. The highest BCUT2D eigenvalue weighted by Gasteiger charge is 2.13. The molecule has 2 aromatic carbocycles. The molecule has 0 atom stereocenters. The van der Waals surface area contributed by atoms with Gasteiger partial charge in [-0.1, -0.05) is 19.1 Å². The Labute approximate surface area is 152 Å². The maximum atomic E-state index is 12.3. The Balaban J connectivity index is 2.10. The Morgan fingerprint density at radius 1 is 1.08 bits per heavy atom. The fourth-order valence-electron chi connectivity index (χ4n) is 2.31. The number of hydrogen-bond donors (Lipinski definition) is 2. The lowest BCUT2D eigenvalue weighted by Crippen LogP contribution is -2.21. The Hall–Kier alpha value is -3.02. The van der Waals surface area contributed by atoms with Crippen LogP contribution in [0.4, 0.5) is 5.69 Å². The summed E-state index contributed by atoms with van der Waals surface area (Å²) in [5.74, 6) is -0.400. The summed E-state index contributed by atoms with van der Waals surface area (Å²) in [5.41, 5.74) is 2.43. The van der Waals surface area contributed by atoms with Crippen molar-refractivity contribution in [1.82, 2.24) is 0 Å². The summed E-state index contributed by atoms with van der Waals surface area (Å²) in [5, 5.41) is 11.8. The minimum Gasteiger partial charge on any atom is -0.491 e. The number of nitrogens with one attached hydrogen (secondary N) is 1. The summed E-state index contributed by atoms with van der Waals surface area (Å²) in [7, 11) is 0. The molecule has 0 heterocycles.